The molecular weight excluding hydrogens is 332 g/mol. The molecule has 6 heteroatoms. The summed E-state index contributed by atoms with van der Waals surface area (Å²) in [5.74, 6) is 1.69. The lowest BCUT2D eigenvalue weighted by Crippen LogP contribution is -2.36. The molecule has 1 atom stereocenters. The Morgan fingerprint density at radius 1 is 1.20 bits per heavy atom. The number of aromatic nitrogens is 3. The zero-order valence-electron chi connectivity index (χ0n) is 14.9. The van der Waals surface area contributed by atoms with Crippen molar-refractivity contribution in [3.05, 3.63) is 46.1 Å². The second-order valence-electron chi connectivity index (χ2n) is 7.12. The van der Waals surface area contributed by atoms with Gasteiger partial charge in [-0.25, -0.2) is 4.98 Å². The van der Waals surface area contributed by atoms with E-state index >= 15 is 0 Å². The van der Waals surface area contributed by atoms with E-state index in [0.717, 1.165) is 28.8 Å². The highest BCUT2D eigenvalue weighted by molar-refractivity contribution is 7.17. The van der Waals surface area contributed by atoms with Crippen molar-refractivity contribution in [2.75, 3.05) is 13.1 Å². The van der Waals surface area contributed by atoms with Crippen LogP contribution in [0.15, 0.2) is 24.3 Å². The zero-order valence-corrected chi connectivity index (χ0v) is 15.8. The summed E-state index contributed by atoms with van der Waals surface area (Å²) < 4.78 is 1.58. The number of nitrogens with zero attached hydrogens (tertiary/aromatic N) is 4. The molecule has 0 unspecified atom stereocenters. The van der Waals surface area contributed by atoms with Gasteiger partial charge in [0, 0.05) is 0 Å². The van der Waals surface area contributed by atoms with Crippen molar-refractivity contribution >= 4 is 16.3 Å². The SMILES string of the molecule is Cc1nc2sc([C@H](c3ccccc3C)N3CCC(C)CC3)c(O)n2n1. The first-order chi connectivity index (χ1) is 12.0. The highest BCUT2D eigenvalue weighted by Gasteiger charge is 2.32. The van der Waals surface area contributed by atoms with Crippen LogP contribution in [-0.4, -0.2) is 37.7 Å². The lowest BCUT2D eigenvalue weighted by molar-refractivity contribution is 0.157. The maximum Gasteiger partial charge on any atom is 0.230 e. The monoisotopic (exact) mass is 356 g/mol. The van der Waals surface area contributed by atoms with Crippen LogP contribution in [0.3, 0.4) is 0 Å². The van der Waals surface area contributed by atoms with E-state index < -0.39 is 0 Å². The molecule has 5 nitrogen and oxygen atoms in total. The summed E-state index contributed by atoms with van der Waals surface area (Å²) in [5, 5.41) is 15.2. The van der Waals surface area contributed by atoms with Crippen molar-refractivity contribution in [2.24, 2.45) is 5.92 Å². The Morgan fingerprint density at radius 2 is 1.92 bits per heavy atom. The van der Waals surface area contributed by atoms with Crippen molar-refractivity contribution in [1.82, 2.24) is 19.5 Å². The molecule has 3 heterocycles. The Morgan fingerprint density at radius 3 is 2.60 bits per heavy atom. The molecule has 1 fully saturated rings. The molecular formula is C19H24N4OS. The van der Waals surface area contributed by atoms with Crippen LogP contribution in [0.25, 0.3) is 4.96 Å². The number of likely N-dealkylation sites (tertiary alicyclic amines) is 1. The molecule has 0 amide bonds. The number of fused-ring (bicyclic) bond motifs is 1. The van der Waals surface area contributed by atoms with Crippen LogP contribution >= 0.6 is 11.3 Å². The van der Waals surface area contributed by atoms with Gasteiger partial charge >= 0.3 is 0 Å². The molecule has 1 aliphatic rings. The smallest absolute Gasteiger partial charge is 0.230 e. The summed E-state index contributed by atoms with van der Waals surface area (Å²) >= 11 is 1.55. The fraction of sp³-hybridized carbons (Fsp3) is 0.474. The number of aromatic hydroxyl groups is 1. The number of hydrogen-bond acceptors (Lipinski definition) is 5. The van der Waals surface area contributed by atoms with E-state index in [4.69, 9.17) is 0 Å². The normalized spacial score (nSPS) is 18.0. The zero-order chi connectivity index (χ0) is 17.6. The topological polar surface area (TPSA) is 53.7 Å². The van der Waals surface area contributed by atoms with Crippen molar-refractivity contribution in [1.29, 1.82) is 0 Å². The van der Waals surface area contributed by atoms with Gasteiger partial charge in [0.2, 0.25) is 10.8 Å². The molecule has 1 saturated heterocycles. The quantitative estimate of drug-likeness (QED) is 0.772. The lowest BCUT2D eigenvalue weighted by Gasteiger charge is -2.37. The first kappa shape index (κ1) is 16.5. The fourth-order valence-corrected chi connectivity index (χ4v) is 4.86. The van der Waals surface area contributed by atoms with Crippen molar-refractivity contribution in [2.45, 2.75) is 39.7 Å². The average Bonchev–Trinajstić information content (AvgIpc) is 3.09. The molecule has 3 aromatic rings. The summed E-state index contributed by atoms with van der Waals surface area (Å²) in [6.07, 6.45) is 2.39. The fourth-order valence-electron chi connectivity index (χ4n) is 3.71. The van der Waals surface area contributed by atoms with Crippen LogP contribution < -0.4 is 0 Å². The van der Waals surface area contributed by atoms with E-state index in [0.29, 0.717) is 5.82 Å². The van der Waals surface area contributed by atoms with E-state index in [-0.39, 0.29) is 11.9 Å². The van der Waals surface area contributed by atoms with E-state index in [1.807, 2.05) is 6.92 Å². The molecule has 2 aromatic heterocycles. The second kappa shape index (κ2) is 6.42. The third-order valence-corrected chi connectivity index (χ3v) is 6.29. The van der Waals surface area contributed by atoms with Crippen molar-refractivity contribution in [3.63, 3.8) is 0 Å². The van der Waals surface area contributed by atoms with Gasteiger partial charge in [-0.05, 0) is 56.8 Å². The highest BCUT2D eigenvalue weighted by atomic mass is 32.1. The highest BCUT2D eigenvalue weighted by Crippen LogP contribution is 2.42. The minimum atomic E-state index is 0.0579. The van der Waals surface area contributed by atoms with E-state index in [1.165, 1.54) is 24.0 Å². The second-order valence-corrected chi connectivity index (χ2v) is 8.13. The molecule has 0 spiro atoms. The predicted octanol–water partition coefficient (Wildman–Crippen LogP) is 3.93. The van der Waals surface area contributed by atoms with Crippen LogP contribution in [0, 0.1) is 19.8 Å². The first-order valence-corrected chi connectivity index (χ1v) is 9.71. The van der Waals surface area contributed by atoms with Crippen LogP contribution in [0.2, 0.25) is 0 Å². The minimum absolute atomic E-state index is 0.0579. The first-order valence-electron chi connectivity index (χ1n) is 8.89. The Balaban J connectivity index is 1.83. The molecule has 0 saturated carbocycles. The van der Waals surface area contributed by atoms with Crippen LogP contribution in [0.4, 0.5) is 0 Å². The number of thiazole rings is 1. The summed E-state index contributed by atoms with van der Waals surface area (Å²) in [6.45, 7) is 8.42. The minimum Gasteiger partial charge on any atom is -0.492 e. The number of benzene rings is 1. The largest absolute Gasteiger partial charge is 0.492 e. The third kappa shape index (κ3) is 2.93. The third-order valence-electron chi connectivity index (χ3n) is 5.22. The van der Waals surface area contributed by atoms with Gasteiger partial charge < -0.3 is 5.11 Å². The van der Waals surface area contributed by atoms with E-state index in [2.05, 4.69) is 53.1 Å². The van der Waals surface area contributed by atoms with E-state index in [1.54, 1.807) is 15.9 Å². The van der Waals surface area contributed by atoms with Gasteiger partial charge in [-0.2, -0.15) is 4.52 Å². The molecule has 0 radical (unpaired) electrons. The summed E-state index contributed by atoms with van der Waals surface area (Å²) in [4.78, 5) is 8.64. The van der Waals surface area contributed by atoms with Gasteiger partial charge in [0.15, 0.2) is 0 Å². The average molecular weight is 356 g/mol. The van der Waals surface area contributed by atoms with Gasteiger partial charge in [0.1, 0.15) is 5.82 Å². The van der Waals surface area contributed by atoms with Crippen LogP contribution in [0.5, 0.6) is 5.88 Å². The number of hydrogen-bond donors (Lipinski definition) is 1. The molecule has 132 valence electrons. The number of aryl methyl sites for hydroxylation is 2. The Hall–Kier alpha value is -1.92. The van der Waals surface area contributed by atoms with Gasteiger partial charge in [-0.15, -0.1) is 5.10 Å². The number of piperidine rings is 1. The Labute approximate surface area is 151 Å². The maximum absolute atomic E-state index is 10.9. The summed E-state index contributed by atoms with van der Waals surface area (Å²) in [5.41, 5.74) is 2.51. The maximum atomic E-state index is 10.9. The van der Waals surface area contributed by atoms with Crippen molar-refractivity contribution in [3.8, 4) is 5.88 Å². The van der Waals surface area contributed by atoms with Crippen LogP contribution in [-0.2, 0) is 0 Å². The van der Waals surface area contributed by atoms with Crippen LogP contribution in [0.1, 0.15) is 47.6 Å². The molecule has 0 bridgehead atoms. The molecule has 1 aliphatic heterocycles. The standard InChI is InChI=1S/C19H24N4OS/c1-12-8-10-22(11-9-12)16(15-7-5-4-6-13(15)2)17-18(24)23-19(25-17)20-14(3)21-23/h4-7,12,16,24H,8-11H2,1-3H3/t16-/m0/s1. The van der Waals surface area contributed by atoms with Gasteiger partial charge in [0.25, 0.3) is 0 Å². The Kier molecular flexibility index (Phi) is 4.25. The van der Waals surface area contributed by atoms with Gasteiger partial charge in [0.05, 0.1) is 10.9 Å². The number of rotatable bonds is 3. The van der Waals surface area contributed by atoms with Gasteiger partial charge in [-0.1, -0.05) is 42.5 Å². The molecule has 25 heavy (non-hydrogen) atoms. The Bertz CT molecular complexity index is 892. The van der Waals surface area contributed by atoms with E-state index in [9.17, 15) is 5.11 Å². The molecule has 1 aromatic carbocycles. The van der Waals surface area contributed by atoms with Gasteiger partial charge in [-0.3, -0.25) is 4.90 Å². The summed E-state index contributed by atoms with van der Waals surface area (Å²) in [7, 11) is 0. The molecule has 4 rings (SSSR count). The van der Waals surface area contributed by atoms with Crippen molar-refractivity contribution < 1.29 is 5.11 Å². The molecule has 0 aliphatic carbocycles. The molecule has 1 N–H and O–H groups in total. The predicted molar refractivity (Wildman–Crippen MR) is 100 cm³/mol. The summed E-state index contributed by atoms with van der Waals surface area (Å²) in [6, 6.07) is 8.54. The lowest BCUT2D eigenvalue weighted by atomic mass is 9.93.